The highest BCUT2D eigenvalue weighted by atomic mass is 35.5. The molecule has 5 aromatic rings. The van der Waals surface area contributed by atoms with Gasteiger partial charge in [-0.1, -0.05) is 103 Å². The first-order valence-corrected chi connectivity index (χ1v) is 14.4. The molecular formula is C34H31ClN4O4. The molecule has 0 amide bonds. The van der Waals surface area contributed by atoms with Crippen LogP contribution in [0, 0.1) is 6.57 Å². The molecule has 9 heteroatoms. The molecule has 218 valence electrons. The summed E-state index contributed by atoms with van der Waals surface area (Å²) in [6.45, 7) is 11.2. The van der Waals surface area contributed by atoms with Crippen LogP contribution < -0.4 is 0 Å². The lowest BCUT2D eigenvalue weighted by atomic mass is 9.90. The number of nitrogens with zero attached hydrogens (tertiary/aromatic N) is 4. The van der Waals surface area contributed by atoms with Gasteiger partial charge >= 0.3 is 0 Å². The van der Waals surface area contributed by atoms with Crippen molar-refractivity contribution in [2.75, 3.05) is 6.61 Å². The van der Waals surface area contributed by atoms with E-state index in [1.54, 1.807) is 10.6 Å². The van der Waals surface area contributed by atoms with Gasteiger partial charge < -0.3 is 18.9 Å². The molecule has 0 bridgehead atoms. The second-order valence-electron chi connectivity index (χ2n) is 10.6. The summed E-state index contributed by atoms with van der Waals surface area (Å²) < 4.78 is 28.1. The second-order valence-corrected chi connectivity index (χ2v) is 11.0. The molecule has 0 aliphatic carbocycles. The van der Waals surface area contributed by atoms with E-state index in [2.05, 4.69) is 14.9 Å². The Morgan fingerprint density at radius 3 is 2.14 bits per heavy atom. The van der Waals surface area contributed by atoms with Crippen molar-refractivity contribution in [3.8, 4) is 0 Å². The molecule has 1 aliphatic rings. The van der Waals surface area contributed by atoms with Crippen LogP contribution in [0.5, 0.6) is 0 Å². The van der Waals surface area contributed by atoms with Crippen LogP contribution in [-0.2, 0) is 38.8 Å². The third-order valence-corrected chi connectivity index (χ3v) is 7.98. The first kappa shape index (κ1) is 29.0. The number of hydrogen-bond donors (Lipinski definition) is 0. The maximum Gasteiger partial charge on any atom is 0.217 e. The van der Waals surface area contributed by atoms with Crippen LogP contribution in [0.4, 0.5) is 5.69 Å². The number of aromatic nitrogens is 3. The molecule has 8 nitrogen and oxygen atoms in total. The van der Waals surface area contributed by atoms with Gasteiger partial charge in [-0.05, 0) is 29.7 Å². The van der Waals surface area contributed by atoms with Gasteiger partial charge in [0.2, 0.25) is 5.69 Å². The molecule has 1 fully saturated rings. The second kappa shape index (κ2) is 13.0. The van der Waals surface area contributed by atoms with Crippen molar-refractivity contribution in [2.45, 2.75) is 50.7 Å². The maximum atomic E-state index is 7.79. The Balaban J connectivity index is 1.38. The van der Waals surface area contributed by atoms with Crippen molar-refractivity contribution in [1.29, 1.82) is 0 Å². The molecule has 3 aromatic carbocycles. The molecule has 43 heavy (non-hydrogen) atoms. The van der Waals surface area contributed by atoms with Crippen LogP contribution in [0.25, 0.3) is 10.4 Å². The molecule has 1 saturated heterocycles. The third kappa shape index (κ3) is 6.18. The quantitative estimate of drug-likeness (QED) is 0.151. The van der Waals surface area contributed by atoms with Crippen LogP contribution >= 0.6 is 11.6 Å². The van der Waals surface area contributed by atoms with Crippen molar-refractivity contribution >= 4 is 22.8 Å². The number of benzene rings is 3. The molecule has 2 aromatic heterocycles. The van der Waals surface area contributed by atoms with Gasteiger partial charge in [0.1, 0.15) is 40.9 Å². The Morgan fingerprint density at radius 1 is 0.907 bits per heavy atom. The summed E-state index contributed by atoms with van der Waals surface area (Å²) in [6, 6.07) is 31.7. The zero-order chi connectivity index (χ0) is 29.6. The van der Waals surface area contributed by atoms with E-state index in [1.807, 2.05) is 97.9 Å². The molecule has 0 N–H and O–H groups in total. The van der Waals surface area contributed by atoms with E-state index >= 15 is 0 Å². The van der Waals surface area contributed by atoms with Gasteiger partial charge in [-0.25, -0.2) is 14.3 Å². The van der Waals surface area contributed by atoms with Crippen LogP contribution in [-0.4, -0.2) is 39.0 Å². The number of ether oxygens (including phenoxy) is 4. The third-order valence-electron chi connectivity index (χ3n) is 7.70. The monoisotopic (exact) mass is 594 g/mol. The number of rotatable bonds is 11. The summed E-state index contributed by atoms with van der Waals surface area (Å²) in [7, 11) is 0. The first-order valence-electron chi connectivity index (χ1n) is 14.1. The molecule has 6 rings (SSSR count). The summed E-state index contributed by atoms with van der Waals surface area (Å²) in [5, 5.41) is 4.65. The summed E-state index contributed by atoms with van der Waals surface area (Å²) in [6.07, 6.45) is -0.321. The summed E-state index contributed by atoms with van der Waals surface area (Å²) in [5.74, 6) is 0. The minimum Gasteiger partial charge on any atom is -0.374 e. The van der Waals surface area contributed by atoms with Crippen LogP contribution in [0.15, 0.2) is 103 Å². The minimum atomic E-state index is -1.00. The SMILES string of the molecule is [C-]#[N+]c1cc([C@@H]2O[C@H](COCc3ccccc3)[C@@H](OCc3ccccc3)[C@@]2(C)OCc2ccccc2)n2ncnc(Cl)c12. The van der Waals surface area contributed by atoms with Crippen LogP contribution in [0.1, 0.15) is 35.4 Å². The Bertz CT molecular complexity index is 1690. The fraction of sp³-hybridized carbons (Fsp3) is 0.265. The predicted octanol–water partition coefficient (Wildman–Crippen LogP) is 7.15. The average Bonchev–Trinajstić information content (AvgIpc) is 3.56. The Kier molecular flexibility index (Phi) is 8.79. The van der Waals surface area contributed by atoms with E-state index in [4.69, 9.17) is 37.1 Å². The molecule has 3 heterocycles. The fourth-order valence-electron chi connectivity index (χ4n) is 5.55. The summed E-state index contributed by atoms with van der Waals surface area (Å²) in [5.41, 5.74) is 3.49. The van der Waals surface area contributed by atoms with Gasteiger partial charge in [0, 0.05) is 0 Å². The number of fused-ring (bicyclic) bond motifs is 1. The van der Waals surface area contributed by atoms with Crippen LogP contribution in [0.2, 0.25) is 5.15 Å². The highest BCUT2D eigenvalue weighted by molar-refractivity contribution is 6.33. The predicted molar refractivity (Wildman–Crippen MR) is 163 cm³/mol. The topological polar surface area (TPSA) is 71.5 Å². The van der Waals surface area contributed by atoms with Gasteiger partial charge in [0.25, 0.3) is 0 Å². The molecule has 0 spiro atoms. The zero-order valence-corrected chi connectivity index (χ0v) is 24.4. The minimum absolute atomic E-state index is 0.191. The lowest BCUT2D eigenvalue weighted by Crippen LogP contribution is -2.47. The Morgan fingerprint density at radius 2 is 1.51 bits per heavy atom. The smallest absolute Gasteiger partial charge is 0.217 e. The largest absolute Gasteiger partial charge is 0.374 e. The van der Waals surface area contributed by atoms with Crippen LogP contribution in [0.3, 0.4) is 0 Å². The number of halogens is 1. The molecule has 4 atom stereocenters. The molecule has 0 unspecified atom stereocenters. The molecule has 0 radical (unpaired) electrons. The van der Waals surface area contributed by atoms with Crippen molar-refractivity contribution in [3.05, 3.63) is 142 Å². The molecular weight excluding hydrogens is 564 g/mol. The van der Waals surface area contributed by atoms with E-state index in [0.29, 0.717) is 36.7 Å². The van der Waals surface area contributed by atoms with E-state index in [1.165, 1.54) is 6.33 Å². The highest BCUT2D eigenvalue weighted by Crippen LogP contribution is 2.48. The van der Waals surface area contributed by atoms with Crippen molar-refractivity contribution in [3.63, 3.8) is 0 Å². The van der Waals surface area contributed by atoms with Gasteiger partial charge in [0.05, 0.1) is 38.7 Å². The van der Waals surface area contributed by atoms with E-state index < -0.39 is 23.9 Å². The van der Waals surface area contributed by atoms with Gasteiger partial charge in [-0.15, -0.1) is 0 Å². The Labute approximate surface area is 255 Å². The standard InChI is InChI=1S/C34H31ClN4O4/c1-34(42-21-26-16-10-5-11-17-26)31(28-18-27(36-2)30-33(35)37-23-38-39(28)30)43-29(22-40-19-24-12-6-3-7-13-24)32(34)41-20-25-14-8-4-9-15-25/h3-18,23,29,31-32H,19-22H2,1H3/t29-,31+,32-,34+/m1/s1. The summed E-state index contributed by atoms with van der Waals surface area (Å²) >= 11 is 6.44. The normalized spacial score (nSPS) is 21.7. The lowest BCUT2D eigenvalue weighted by Gasteiger charge is -2.35. The van der Waals surface area contributed by atoms with Crippen molar-refractivity contribution in [2.24, 2.45) is 0 Å². The fourth-order valence-corrected chi connectivity index (χ4v) is 5.77. The van der Waals surface area contributed by atoms with Gasteiger partial charge in [-0.3, -0.25) is 0 Å². The first-order chi connectivity index (χ1) is 21.1. The lowest BCUT2D eigenvalue weighted by molar-refractivity contribution is -0.148. The van der Waals surface area contributed by atoms with Crippen molar-refractivity contribution in [1.82, 2.24) is 14.6 Å². The van der Waals surface area contributed by atoms with Gasteiger partial charge in [-0.2, -0.15) is 5.10 Å². The molecule has 0 saturated carbocycles. The van der Waals surface area contributed by atoms with E-state index in [-0.39, 0.29) is 11.8 Å². The molecule has 1 aliphatic heterocycles. The average molecular weight is 595 g/mol. The highest BCUT2D eigenvalue weighted by Gasteiger charge is 2.57. The van der Waals surface area contributed by atoms with E-state index in [0.717, 1.165) is 16.7 Å². The maximum absolute atomic E-state index is 7.79. The van der Waals surface area contributed by atoms with Crippen molar-refractivity contribution < 1.29 is 18.9 Å². The van der Waals surface area contributed by atoms with E-state index in [9.17, 15) is 0 Å². The Hall–Kier alpha value is -4.10. The van der Waals surface area contributed by atoms with Gasteiger partial charge in [0.15, 0.2) is 0 Å². The summed E-state index contributed by atoms with van der Waals surface area (Å²) in [4.78, 5) is 7.81. The zero-order valence-electron chi connectivity index (χ0n) is 23.7. The number of hydrogen-bond acceptors (Lipinski definition) is 6.